The van der Waals surface area contributed by atoms with Crippen molar-refractivity contribution in [3.8, 4) is 0 Å². The zero-order chi connectivity index (χ0) is 11.9. The Morgan fingerprint density at radius 3 is 2.69 bits per heavy atom. The molecule has 1 aliphatic rings. The first-order chi connectivity index (χ1) is 7.41. The number of aryl methyl sites for hydroxylation is 1. The Labute approximate surface area is 95.6 Å². The Bertz CT molecular complexity index is 492. The lowest BCUT2D eigenvalue weighted by molar-refractivity contribution is 0.464. The lowest BCUT2D eigenvalue weighted by Gasteiger charge is -2.19. The zero-order valence-corrected chi connectivity index (χ0v) is 10.4. The molecule has 1 aliphatic carbocycles. The van der Waals surface area contributed by atoms with Crippen molar-refractivity contribution in [2.45, 2.75) is 37.5 Å². The first kappa shape index (κ1) is 11.4. The fourth-order valence-electron chi connectivity index (χ4n) is 2.41. The van der Waals surface area contributed by atoms with Crippen LogP contribution in [0.15, 0.2) is 6.20 Å². The topological polar surface area (TPSA) is 78.0 Å². The molecular weight excluding hydrogens is 226 g/mol. The van der Waals surface area contributed by atoms with Crippen molar-refractivity contribution in [1.29, 1.82) is 0 Å². The van der Waals surface area contributed by atoms with E-state index in [1.807, 2.05) is 6.92 Å². The predicted octanol–water partition coefficient (Wildman–Crippen LogP) is 0.912. The van der Waals surface area contributed by atoms with E-state index in [0.29, 0.717) is 12.2 Å². The van der Waals surface area contributed by atoms with Gasteiger partial charge in [-0.3, -0.25) is 0 Å². The molecule has 0 amide bonds. The highest BCUT2D eigenvalue weighted by molar-refractivity contribution is 7.91. The van der Waals surface area contributed by atoms with Gasteiger partial charge in [0.25, 0.3) is 0 Å². The van der Waals surface area contributed by atoms with Crippen LogP contribution in [0.2, 0.25) is 0 Å². The van der Waals surface area contributed by atoms with Gasteiger partial charge < -0.3 is 5.73 Å². The van der Waals surface area contributed by atoms with Crippen LogP contribution in [0.3, 0.4) is 0 Å². The summed E-state index contributed by atoms with van der Waals surface area (Å²) in [5.41, 5.74) is 6.80. The summed E-state index contributed by atoms with van der Waals surface area (Å²) in [7, 11) is -3.02. The van der Waals surface area contributed by atoms with E-state index < -0.39 is 9.84 Å². The molecule has 0 radical (unpaired) electrons. The van der Waals surface area contributed by atoms with Crippen LogP contribution in [-0.4, -0.2) is 29.7 Å². The van der Waals surface area contributed by atoms with Gasteiger partial charge in [0.15, 0.2) is 9.84 Å². The molecule has 2 rings (SSSR count). The summed E-state index contributed by atoms with van der Waals surface area (Å²) in [5.74, 6) is 0.584. The maximum Gasteiger partial charge on any atom is 0.152 e. The third-order valence-corrected chi connectivity index (χ3v) is 4.96. The van der Waals surface area contributed by atoms with E-state index in [-0.39, 0.29) is 11.3 Å². The van der Waals surface area contributed by atoms with Gasteiger partial charge in [-0.25, -0.2) is 13.1 Å². The molecule has 2 atom stereocenters. The molecule has 90 valence electrons. The van der Waals surface area contributed by atoms with Crippen LogP contribution in [0.5, 0.6) is 0 Å². The highest BCUT2D eigenvalue weighted by atomic mass is 32.2. The van der Waals surface area contributed by atoms with Gasteiger partial charge in [0.2, 0.25) is 0 Å². The van der Waals surface area contributed by atoms with E-state index in [1.165, 1.54) is 6.26 Å². The van der Waals surface area contributed by atoms with Gasteiger partial charge in [0.1, 0.15) is 5.82 Å². The average molecular weight is 243 g/mol. The van der Waals surface area contributed by atoms with Crippen LogP contribution in [0.4, 0.5) is 5.82 Å². The summed E-state index contributed by atoms with van der Waals surface area (Å²) in [6.07, 6.45) is 5.45. The van der Waals surface area contributed by atoms with Crippen LogP contribution >= 0.6 is 0 Å². The van der Waals surface area contributed by atoms with Gasteiger partial charge in [0.05, 0.1) is 17.5 Å². The summed E-state index contributed by atoms with van der Waals surface area (Å²) in [4.78, 5) is 0. The van der Waals surface area contributed by atoms with Crippen molar-refractivity contribution in [1.82, 2.24) is 9.78 Å². The summed E-state index contributed by atoms with van der Waals surface area (Å²) in [6.45, 7) is 1.88. The molecule has 1 fully saturated rings. The highest BCUT2D eigenvalue weighted by Crippen LogP contribution is 2.36. The quantitative estimate of drug-likeness (QED) is 0.837. The number of anilines is 1. The number of nitrogen functional groups attached to an aromatic ring is 1. The second-order valence-corrected chi connectivity index (χ2v) is 6.79. The molecule has 0 bridgehead atoms. The first-order valence-corrected chi connectivity index (χ1v) is 7.35. The first-order valence-electron chi connectivity index (χ1n) is 5.39. The average Bonchev–Trinajstić information content (AvgIpc) is 2.74. The van der Waals surface area contributed by atoms with E-state index >= 15 is 0 Å². The third-order valence-electron chi connectivity index (χ3n) is 3.31. The number of hydrogen-bond acceptors (Lipinski definition) is 4. The largest absolute Gasteiger partial charge is 0.384 e. The van der Waals surface area contributed by atoms with Crippen LogP contribution < -0.4 is 5.73 Å². The van der Waals surface area contributed by atoms with E-state index in [9.17, 15) is 8.42 Å². The minimum absolute atomic E-state index is 0.0938. The molecule has 1 heterocycles. The molecule has 2 N–H and O–H groups in total. The molecule has 1 aromatic heterocycles. The molecule has 0 aromatic carbocycles. The minimum atomic E-state index is -3.02. The molecule has 2 unspecified atom stereocenters. The number of hydrogen-bond donors (Lipinski definition) is 1. The van der Waals surface area contributed by atoms with Crippen molar-refractivity contribution in [3.63, 3.8) is 0 Å². The van der Waals surface area contributed by atoms with E-state index in [2.05, 4.69) is 5.10 Å². The normalized spacial score (nSPS) is 26.1. The van der Waals surface area contributed by atoms with Gasteiger partial charge in [0, 0.05) is 11.8 Å². The fraction of sp³-hybridized carbons (Fsp3) is 0.700. The lowest BCUT2D eigenvalue weighted by Crippen LogP contribution is -2.28. The number of sulfone groups is 1. The summed E-state index contributed by atoms with van der Waals surface area (Å²) >= 11 is 0. The third kappa shape index (κ3) is 1.81. The van der Waals surface area contributed by atoms with Crippen LogP contribution in [0.25, 0.3) is 0 Å². The maximum atomic E-state index is 11.7. The van der Waals surface area contributed by atoms with E-state index in [4.69, 9.17) is 5.73 Å². The Morgan fingerprint density at radius 1 is 1.50 bits per heavy atom. The number of rotatable bonds is 2. The molecule has 6 heteroatoms. The Balaban J connectivity index is 2.38. The van der Waals surface area contributed by atoms with Crippen molar-refractivity contribution in [3.05, 3.63) is 11.8 Å². The predicted molar refractivity (Wildman–Crippen MR) is 62.9 cm³/mol. The van der Waals surface area contributed by atoms with E-state index in [1.54, 1.807) is 10.9 Å². The molecule has 0 aliphatic heterocycles. The number of nitrogens with two attached hydrogens (primary N) is 1. The van der Waals surface area contributed by atoms with Crippen LogP contribution in [0, 0.1) is 6.92 Å². The van der Waals surface area contributed by atoms with Gasteiger partial charge in [-0.1, -0.05) is 0 Å². The smallest absolute Gasteiger partial charge is 0.152 e. The van der Waals surface area contributed by atoms with Gasteiger partial charge in [-0.15, -0.1) is 0 Å². The highest BCUT2D eigenvalue weighted by Gasteiger charge is 2.37. The van der Waals surface area contributed by atoms with Crippen molar-refractivity contribution in [2.24, 2.45) is 0 Å². The fourth-order valence-corrected chi connectivity index (χ4v) is 3.82. The minimum Gasteiger partial charge on any atom is -0.384 e. The second-order valence-electron chi connectivity index (χ2n) is 4.52. The molecule has 5 nitrogen and oxygen atoms in total. The second kappa shape index (κ2) is 3.76. The molecule has 0 spiro atoms. The Morgan fingerprint density at radius 2 is 2.19 bits per heavy atom. The van der Waals surface area contributed by atoms with Crippen molar-refractivity contribution < 1.29 is 8.42 Å². The number of aromatic nitrogens is 2. The summed E-state index contributed by atoms with van der Waals surface area (Å²) in [5, 5.41) is 3.85. The maximum absolute atomic E-state index is 11.7. The summed E-state index contributed by atoms with van der Waals surface area (Å²) < 4.78 is 25.0. The van der Waals surface area contributed by atoms with Crippen molar-refractivity contribution >= 4 is 15.7 Å². The van der Waals surface area contributed by atoms with Crippen LogP contribution in [0.1, 0.15) is 30.9 Å². The van der Waals surface area contributed by atoms with Crippen LogP contribution in [-0.2, 0) is 9.84 Å². The number of nitrogens with zero attached hydrogens (tertiary/aromatic N) is 2. The molecule has 0 saturated heterocycles. The molecule has 16 heavy (non-hydrogen) atoms. The van der Waals surface area contributed by atoms with Gasteiger partial charge in [-0.05, 0) is 26.2 Å². The monoisotopic (exact) mass is 243 g/mol. The molecule has 1 aromatic rings. The Kier molecular flexibility index (Phi) is 2.69. The molecular formula is C10H17N3O2S. The summed E-state index contributed by atoms with van der Waals surface area (Å²) in [6, 6.07) is -0.0938. The van der Waals surface area contributed by atoms with Gasteiger partial charge in [-0.2, -0.15) is 5.10 Å². The van der Waals surface area contributed by atoms with Crippen molar-refractivity contribution in [2.75, 3.05) is 12.0 Å². The molecule has 1 saturated carbocycles. The Hall–Kier alpha value is -1.04. The SMILES string of the molecule is Cc1cnn(C2CCCC2S(C)(=O)=O)c1N. The van der Waals surface area contributed by atoms with Gasteiger partial charge >= 0.3 is 0 Å². The standard InChI is InChI=1S/C10H17N3O2S/c1-7-6-12-13(10(7)11)8-4-3-5-9(8)16(2,14)15/h6,8-9H,3-5,11H2,1-2H3. The lowest BCUT2D eigenvalue weighted by atomic mass is 10.2. The van der Waals surface area contributed by atoms with E-state index in [0.717, 1.165) is 18.4 Å². The zero-order valence-electron chi connectivity index (χ0n) is 9.55.